The molecule has 96 valence electrons. The highest BCUT2D eigenvalue weighted by atomic mass is 15.3. The summed E-state index contributed by atoms with van der Waals surface area (Å²) >= 11 is 0. The van der Waals surface area contributed by atoms with Crippen molar-refractivity contribution >= 4 is 0 Å². The van der Waals surface area contributed by atoms with E-state index < -0.39 is 0 Å². The van der Waals surface area contributed by atoms with Gasteiger partial charge in [-0.3, -0.25) is 9.67 Å². The molecule has 18 heavy (non-hydrogen) atoms. The summed E-state index contributed by atoms with van der Waals surface area (Å²) in [6.07, 6.45) is 3.65. The molecular weight excluding hydrogens is 224 g/mol. The molecule has 4 nitrogen and oxygen atoms in total. The minimum atomic E-state index is 0.313. The molecule has 4 heteroatoms. The van der Waals surface area contributed by atoms with Crippen molar-refractivity contribution in [2.24, 2.45) is 0 Å². The van der Waals surface area contributed by atoms with Crippen LogP contribution in [0.1, 0.15) is 36.8 Å². The molecule has 0 radical (unpaired) electrons. The maximum atomic E-state index is 4.45. The van der Waals surface area contributed by atoms with Crippen LogP contribution in [0.2, 0.25) is 0 Å². The molecule has 0 fully saturated rings. The summed E-state index contributed by atoms with van der Waals surface area (Å²) in [7, 11) is 0. The molecule has 0 amide bonds. The van der Waals surface area contributed by atoms with Crippen molar-refractivity contribution in [1.29, 1.82) is 0 Å². The third-order valence-electron chi connectivity index (χ3n) is 3.08. The van der Waals surface area contributed by atoms with E-state index >= 15 is 0 Å². The second kappa shape index (κ2) is 5.78. The molecular formula is C14H20N4. The van der Waals surface area contributed by atoms with Gasteiger partial charge < -0.3 is 5.32 Å². The zero-order chi connectivity index (χ0) is 13.0. The van der Waals surface area contributed by atoms with Crippen LogP contribution in [0, 0.1) is 6.92 Å². The highest BCUT2D eigenvalue weighted by Crippen LogP contribution is 2.12. The Labute approximate surface area is 108 Å². The van der Waals surface area contributed by atoms with Gasteiger partial charge in [-0.25, -0.2) is 0 Å². The molecule has 0 unspecified atom stereocenters. The molecule has 0 aliphatic carbocycles. The number of hydrogen-bond acceptors (Lipinski definition) is 3. The lowest BCUT2D eigenvalue weighted by Gasteiger charge is -2.14. The summed E-state index contributed by atoms with van der Waals surface area (Å²) < 4.78 is 2.04. The van der Waals surface area contributed by atoms with Crippen molar-refractivity contribution in [3.05, 3.63) is 47.5 Å². The van der Waals surface area contributed by atoms with Crippen molar-refractivity contribution in [3.8, 4) is 0 Å². The molecule has 2 rings (SSSR count). The normalized spacial score (nSPS) is 12.6. The Kier molecular flexibility index (Phi) is 4.10. The molecule has 2 heterocycles. The molecule has 0 aromatic carbocycles. The van der Waals surface area contributed by atoms with E-state index in [9.17, 15) is 0 Å². The first-order chi connectivity index (χ1) is 8.70. The Hall–Kier alpha value is -1.68. The lowest BCUT2D eigenvalue weighted by molar-refractivity contribution is 0.530. The van der Waals surface area contributed by atoms with E-state index in [1.165, 1.54) is 11.3 Å². The fraction of sp³-hybridized carbons (Fsp3) is 0.429. The van der Waals surface area contributed by atoms with Crippen LogP contribution in [-0.4, -0.2) is 14.8 Å². The molecule has 2 aromatic rings. The SMILES string of the molecule is CCn1nc(C)cc1CN[C@H](C)c1ccncc1. The van der Waals surface area contributed by atoms with Crippen LogP contribution in [0.25, 0.3) is 0 Å². The van der Waals surface area contributed by atoms with E-state index in [1.807, 2.05) is 36.1 Å². The second-order valence-electron chi connectivity index (χ2n) is 4.48. The number of rotatable bonds is 5. The third-order valence-corrected chi connectivity index (χ3v) is 3.08. The fourth-order valence-corrected chi connectivity index (χ4v) is 2.04. The number of aryl methyl sites for hydroxylation is 2. The summed E-state index contributed by atoms with van der Waals surface area (Å²) in [5, 5.41) is 7.96. The first-order valence-corrected chi connectivity index (χ1v) is 6.37. The molecule has 1 atom stereocenters. The Morgan fingerprint density at radius 2 is 2.06 bits per heavy atom. The maximum absolute atomic E-state index is 4.45. The first-order valence-electron chi connectivity index (χ1n) is 6.37. The van der Waals surface area contributed by atoms with E-state index in [0.717, 1.165) is 18.8 Å². The monoisotopic (exact) mass is 244 g/mol. The van der Waals surface area contributed by atoms with Gasteiger partial charge in [0.15, 0.2) is 0 Å². The molecule has 0 saturated heterocycles. The van der Waals surface area contributed by atoms with Gasteiger partial charge >= 0.3 is 0 Å². The van der Waals surface area contributed by atoms with Crippen molar-refractivity contribution < 1.29 is 0 Å². The van der Waals surface area contributed by atoms with Crippen LogP contribution in [0.15, 0.2) is 30.6 Å². The highest BCUT2D eigenvalue weighted by molar-refractivity contribution is 5.15. The Balaban J connectivity index is 1.99. The summed E-state index contributed by atoms with van der Waals surface area (Å²) in [6, 6.07) is 6.53. The number of nitrogens with one attached hydrogen (secondary N) is 1. The average Bonchev–Trinajstić information content (AvgIpc) is 2.77. The van der Waals surface area contributed by atoms with Crippen molar-refractivity contribution in [1.82, 2.24) is 20.1 Å². The number of pyridine rings is 1. The van der Waals surface area contributed by atoms with Crippen molar-refractivity contribution in [2.75, 3.05) is 0 Å². The molecule has 0 bridgehead atoms. The van der Waals surface area contributed by atoms with Crippen LogP contribution in [-0.2, 0) is 13.1 Å². The van der Waals surface area contributed by atoms with Gasteiger partial charge in [-0.1, -0.05) is 0 Å². The average molecular weight is 244 g/mol. The van der Waals surface area contributed by atoms with Gasteiger partial charge in [0.1, 0.15) is 0 Å². The molecule has 0 aliphatic rings. The van der Waals surface area contributed by atoms with E-state index in [4.69, 9.17) is 0 Å². The van der Waals surface area contributed by atoms with Gasteiger partial charge in [0.2, 0.25) is 0 Å². The summed E-state index contributed by atoms with van der Waals surface area (Å²) in [5.41, 5.74) is 3.56. The zero-order valence-corrected chi connectivity index (χ0v) is 11.2. The Morgan fingerprint density at radius 3 is 2.72 bits per heavy atom. The number of nitrogens with zero attached hydrogens (tertiary/aromatic N) is 3. The maximum Gasteiger partial charge on any atom is 0.0597 e. The minimum absolute atomic E-state index is 0.313. The zero-order valence-electron chi connectivity index (χ0n) is 11.2. The molecule has 0 aliphatic heterocycles. The largest absolute Gasteiger partial charge is 0.305 e. The highest BCUT2D eigenvalue weighted by Gasteiger charge is 2.07. The predicted octanol–water partition coefficient (Wildman–Crippen LogP) is 2.46. The van der Waals surface area contributed by atoms with E-state index in [1.54, 1.807) is 0 Å². The Morgan fingerprint density at radius 1 is 1.33 bits per heavy atom. The molecule has 0 spiro atoms. The van der Waals surface area contributed by atoms with Gasteiger partial charge in [-0.05, 0) is 44.5 Å². The number of hydrogen-bond donors (Lipinski definition) is 1. The smallest absolute Gasteiger partial charge is 0.0597 e. The lowest BCUT2D eigenvalue weighted by Crippen LogP contribution is -2.20. The van der Waals surface area contributed by atoms with Crippen LogP contribution < -0.4 is 5.32 Å². The molecule has 0 saturated carbocycles. The van der Waals surface area contributed by atoms with Gasteiger partial charge in [-0.15, -0.1) is 0 Å². The van der Waals surface area contributed by atoms with E-state index in [2.05, 4.69) is 35.3 Å². The summed E-state index contributed by atoms with van der Waals surface area (Å²) in [5.74, 6) is 0. The van der Waals surface area contributed by atoms with Gasteiger partial charge in [0.05, 0.1) is 11.4 Å². The van der Waals surface area contributed by atoms with Crippen LogP contribution in [0.3, 0.4) is 0 Å². The second-order valence-corrected chi connectivity index (χ2v) is 4.48. The first kappa shape index (κ1) is 12.8. The fourth-order valence-electron chi connectivity index (χ4n) is 2.04. The van der Waals surface area contributed by atoms with Crippen molar-refractivity contribution in [3.63, 3.8) is 0 Å². The number of aromatic nitrogens is 3. The van der Waals surface area contributed by atoms with E-state index in [0.29, 0.717) is 6.04 Å². The topological polar surface area (TPSA) is 42.7 Å². The van der Waals surface area contributed by atoms with Crippen LogP contribution in [0.5, 0.6) is 0 Å². The quantitative estimate of drug-likeness (QED) is 0.878. The predicted molar refractivity (Wildman–Crippen MR) is 72.1 cm³/mol. The summed E-state index contributed by atoms with van der Waals surface area (Å²) in [6.45, 7) is 8.05. The summed E-state index contributed by atoms with van der Waals surface area (Å²) in [4.78, 5) is 4.03. The van der Waals surface area contributed by atoms with E-state index in [-0.39, 0.29) is 0 Å². The minimum Gasteiger partial charge on any atom is -0.305 e. The van der Waals surface area contributed by atoms with Crippen LogP contribution >= 0.6 is 0 Å². The molecule has 1 N–H and O–H groups in total. The third kappa shape index (κ3) is 2.96. The Bertz CT molecular complexity index is 490. The van der Waals surface area contributed by atoms with Gasteiger partial charge in [0.25, 0.3) is 0 Å². The van der Waals surface area contributed by atoms with Gasteiger partial charge in [0, 0.05) is 31.5 Å². The lowest BCUT2D eigenvalue weighted by atomic mass is 10.1. The molecule has 2 aromatic heterocycles. The standard InChI is InChI=1S/C14H20N4/c1-4-18-14(9-11(2)17-18)10-16-12(3)13-5-7-15-8-6-13/h5-9,12,16H,4,10H2,1-3H3/t12-/m1/s1. The van der Waals surface area contributed by atoms with Crippen LogP contribution in [0.4, 0.5) is 0 Å². The van der Waals surface area contributed by atoms with Gasteiger partial charge in [-0.2, -0.15) is 5.10 Å². The van der Waals surface area contributed by atoms with Crippen molar-refractivity contribution in [2.45, 2.75) is 39.9 Å².